The molecule has 17 heavy (non-hydrogen) atoms. The van der Waals surface area contributed by atoms with E-state index >= 15 is 0 Å². The molecule has 0 bridgehead atoms. The van der Waals surface area contributed by atoms with E-state index in [0.717, 1.165) is 19.3 Å². The molecule has 1 aliphatic rings. The number of aromatic nitrogens is 2. The fourth-order valence-corrected chi connectivity index (χ4v) is 3.42. The van der Waals surface area contributed by atoms with Crippen LogP contribution in [0.2, 0.25) is 0 Å². The molecule has 0 aliphatic carbocycles. The molecule has 1 saturated heterocycles. The van der Waals surface area contributed by atoms with Gasteiger partial charge in [-0.2, -0.15) is 17.4 Å². The lowest BCUT2D eigenvalue weighted by molar-refractivity contribution is 0.339. The van der Waals surface area contributed by atoms with Gasteiger partial charge in [0.15, 0.2) is 0 Å². The number of rotatable bonds is 4. The first-order valence-corrected chi connectivity index (χ1v) is 7.30. The summed E-state index contributed by atoms with van der Waals surface area (Å²) in [5, 5.41) is 0. The van der Waals surface area contributed by atoms with E-state index in [4.69, 9.17) is 0 Å². The molecule has 7 heteroatoms. The lowest BCUT2D eigenvalue weighted by Gasteiger charge is -2.27. The molecule has 0 amide bonds. The Morgan fingerprint density at radius 1 is 1.41 bits per heavy atom. The Morgan fingerprint density at radius 3 is 2.71 bits per heavy atom. The Kier molecular flexibility index (Phi) is 3.80. The van der Waals surface area contributed by atoms with Crippen LogP contribution in [0.3, 0.4) is 0 Å². The molecule has 2 heterocycles. The molecule has 0 spiro atoms. The Hall–Kier alpha value is -0.920. The zero-order valence-corrected chi connectivity index (χ0v) is 10.7. The van der Waals surface area contributed by atoms with Crippen molar-refractivity contribution in [2.75, 3.05) is 13.1 Å². The highest BCUT2D eigenvalue weighted by atomic mass is 32.2. The molecule has 2 N–H and O–H groups in total. The highest BCUT2D eigenvalue weighted by Gasteiger charge is 2.26. The molecule has 96 valence electrons. The van der Waals surface area contributed by atoms with E-state index in [1.54, 1.807) is 19.3 Å². The van der Waals surface area contributed by atoms with Crippen molar-refractivity contribution in [2.24, 2.45) is 0 Å². The average Bonchev–Trinajstić information content (AvgIpc) is 2.83. The predicted octanol–water partition coefficient (Wildman–Crippen LogP) is 0.791. The summed E-state index contributed by atoms with van der Waals surface area (Å²) in [6.07, 6.45) is 6.29. The smallest absolute Gasteiger partial charge is 0.280 e. The van der Waals surface area contributed by atoms with E-state index in [1.165, 1.54) is 4.31 Å². The number of hydrogen-bond acceptors (Lipinski definition) is 3. The standard InChI is InChI=1S/C10H18N4O2S/c1-9(10-11-5-6-12-10)13-17(15,16)14-7-3-2-4-8-14/h5-6,9,13H,2-4,7-8H2,1H3,(H,11,12). The van der Waals surface area contributed by atoms with Gasteiger partial charge in [0, 0.05) is 25.5 Å². The van der Waals surface area contributed by atoms with Crippen molar-refractivity contribution in [3.05, 3.63) is 18.2 Å². The van der Waals surface area contributed by atoms with Gasteiger partial charge in [0.25, 0.3) is 10.2 Å². The largest absolute Gasteiger partial charge is 0.347 e. The second-order valence-electron chi connectivity index (χ2n) is 4.28. The zero-order valence-electron chi connectivity index (χ0n) is 9.89. The van der Waals surface area contributed by atoms with E-state index in [9.17, 15) is 8.42 Å². The summed E-state index contributed by atoms with van der Waals surface area (Å²) in [5.74, 6) is 0.630. The molecule has 1 aromatic heterocycles. The highest BCUT2D eigenvalue weighted by Crippen LogP contribution is 2.15. The van der Waals surface area contributed by atoms with E-state index in [1.807, 2.05) is 0 Å². The molecule has 0 radical (unpaired) electrons. The maximum atomic E-state index is 12.1. The summed E-state index contributed by atoms with van der Waals surface area (Å²) in [4.78, 5) is 6.95. The van der Waals surface area contributed by atoms with Gasteiger partial charge < -0.3 is 4.98 Å². The summed E-state index contributed by atoms with van der Waals surface area (Å²) in [7, 11) is -3.39. The van der Waals surface area contributed by atoms with Gasteiger partial charge in [0.05, 0.1) is 6.04 Å². The van der Waals surface area contributed by atoms with Gasteiger partial charge in [-0.3, -0.25) is 0 Å². The van der Waals surface area contributed by atoms with Gasteiger partial charge in [-0.15, -0.1) is 0 Å². The van der Waals surface area contributed by atoms with E-state index in [-0.39, 0.29) is 6.04 Å². The van der Waals surface area contributed by atoms with Crippen molar-refractivity contribution in [2.45, 2.75) is 32.2 Å². The molecular weight excluding hydrogens is 240 g/mol. The predicted molar refractivity (Wildman–Crippen MR) is 64.5 cm³/mol. The lowest BCUT2D eigenvalue weighted by Crippen LogP contribution is -2.44. The molecule has 1 aliphatic heterocycles. The van der Waals surface area contributed by atoms with Crippen molar-refractivity contribution in [3.8, 4) is 0 Å². The van der Waals surface area contributed by atoms with Crippen LogP contribution in [0, 0.1) is 0 Å². The minimum absolute atomic E-state index is 0.336. The third-order valence-corrected chi connectivity index (χ3v) is 4.61. The van der Waals surface area contributed by atoms with Gasteiger partial charge in [0.1, 0.15) is 5.82 Å². The van der Waals surface area contributed by atoms with Crippen molar-refractivity contribution in [3.63, 3.8) is 0 Å². The first kappa shape index (κ1) is 12.5. The second-order valence-corrected chi connectivity index (χ2v) is 5.98. The maximum absolute atomic E-state index is 12.1. The fourth-order valence-electron chi connectivity index (χ4n) is 1.97. The summed E-state index contributed by atoms with van der Waals surface area (Å²) in [6.45, 7) is 3.00. The number of aromatic amines is 1. The van der Waals surface area contributed by atoms with Crippen molar-refractivity contribution in [1.29, 1.82) is 0 Å². The SMILES string of the molecule is CC(NS(=O)(=O)N1CCCCC1)c1ncc[nH]1. The molecule has 1 unspecified atom stereocenters. The summed E-state index contributed by atoms with van der Waals surface area (Å²) in [6, 6.07) is -0.336. The second kappa shape index (κ2) is 5.16. The summed E-state index contributed by atoms with van der Waals surface area (Å²) < 4.78 is 28.3. The first-order valence-electron chi connectivity index (χ1n) is 5.86. The Balaban J connectivity index is 2.01. The van der Waals surface area contributed by atoms with Gasteiger partial charge >= 0.3 is 0 Å². The molecule has 0 aromatic carbocycles. The number of hydrogen-bond donors (Lipinski definition) is 2. The molecule has 1 atom stereocenters. The van der Waals surface area contributed by atoms with Gasteiger partial charge in [-0.1, -0.05) is 6.42 Å². The minimum Gasteiger partial charge on any atom is -0.347 e. The van der Waals surface area contributed by atoms with Gasteiger partial charge in [0.2, 0.25) is 0 Å². The Bertz CT molecular complexity index is 437. The van der Waals surface area contributed by atoms with Crippen LogP contribution in [-0.2, 0) is 10.2 Å². The molecule has 1 aromatic rings. The van der Waals surface area contributed by atoms with Crippen LogP contribution in [0.25, 0.3) is 0 Å². The topological polar surface area (TPSA) is 78.1 Å². The Labute approximate surface area is 102 Å². The van der Waals surface area contributed by atoms with Crippen LogP contribution < -0.4 is 4.72 Å². The van der Waals surface area contributed by atoms with Crippen LogP contribution in [0.4, 0.5) is 0 Å². The van der Waals surface area contributed by atoms with Crippen LogP contribution >= 0.6 is 0 Å². The van der Waals surface area contributed by atoms with Crippen molar-refractivity contribution in [1.82, 2.24) is 19.0 Å². The molecular formula is C10H18N4O2S. The number of nitrogens with zero attached hydrogens (tertiary/aromatic N) is 2. The monoisotopic (exact) mass is 258 g/mol. The normalized spacial score (nSPS) is 20.3. The quantitative estimate of drug-likeness (QED) is 0.838. The maximum Gasteiger partial charge on any atom is 0.280 e. The molecule has 0 saturated carbocycles. The van der Waals surface area contributed by atoms with Crippen molar-refractivity contribution < 1.29 is 8.42 Å². The molecule has 6 nitrogen and oxygen atoms in total. The first-order chi connectivity index (χ1) is 8.09. The number of piperidine rings is 1. The number of imidazole rings is 1. The van der Waals surface area contributed by atoms with Crippen LogP contribution in [0.15, 0.2) is 12.4 Å². The average molecular weight is 258 g/mol. The van der Waals surface area contributed by atoms with E-state index < -0.39 is 10.2 Å². The zero-order chi connectivity index (χ0) is 12.3. The van der Waals surface area contributed by atoms with Gasteiger partial charge in [-0.05, 0) is 19.8 Å². The van der Waals surface area contributed by atoms with Crippen molar-refractivity contribution >= 4 is 10.2 Å². The van der Waals surface area contributed by atoms with E-state index in [2.05, 4.69) is 14.7 Å². The fraction of sp³-hybridized carbons (Fsp3) is 0.700. The van der Waals surface area contributed by atoms with E-state index in [0.29, 0.717) is 18.9 Å². The summed E-state index contributed by atoms with van der Waals surface area (Å²) in [5.41, 5.74) is 0. The third-order valence-electron chi connectivity index (χ3n) is 2.91. The summed E-state index contributed by atoms with van der Waals surface area (Å²) >= 11 is 0. The van der Waals surface area contributed by atoms with Crippen LogP contribution in [0.1, 0.15) is 38.1 Å². The molecule has 2 rings (SSSR count). The molecule has 1 fully saturated rings. The number of H-pyrrole nitrogens is 1. The van der Waals surface area contributed by atoms with Crippen LogP contribution in [-0.4, -0.2) is 35.8 Å². The lowest BCUT2D eigenvalue weighted by atomic mass is 10.2. The Morgan fingerprint density at radius 2 is 2.12 bits per heavy atom. The highest BCUT2D eigenvalue weighted by molar-refractivity contribution is 7.87. The van der Waals surface area contributed by atoms with Gasteiger partial charge in [-0.25, -0.2) is 4.98 Å². The third kappa shape index (κ3) is 3.05. The number of nitrogens with one attached hydrogen (secondary N) is 2. The minimum atomic E-state index is -3.39. The van der Waals surface area contributed by atoms with Crippen LogP contribution in [0.5, 0.6) is 0 Å².